The van der Waals surface area contributed by atoms with E-state index < -0.39 is 0 Å². The van der Waals surface area contributed by atoms with Gasteiger partial charge in [-0.1, -0.05) is 13.0 Å². The number of rotatable bonds is 2. The summed E-state index contributed by atoms with van der Waals surface area (Å²) in [5, 5.41) is 2.38. The molecular formula is C14H16ClN3. The number of nitrogens with two attached hydrogens (primary N) is 1. The lowest BCUT2D eigenvalue weighted by Gasteiger charge is -2.13. The summed E-state index contributed by atoms with van der Waals surface area (Å²) in [6.07, 6.45) is 4.82. The molecule has 2 N–H and O–H groups in total. The Hall–Kier alpha value is -1.58. The Morgan fingerprint density at radius 1 is 1.28 bits per heavy atom. The molecule has 1 aromatic carbocycles. The lowest BCUT2D eigenvalue weighted by molar-refractivity contribution is 0.522. The zero-order valence-corrected chi connectivity index (χ0v) is 11.0. The third kappa shape index (κ3) is 1.85. The molecule has 0 aliphatic heterocycles. The van der Waals surface area contributed by atoms with Gasteiger partial charge in [-0.15, -0.1) is 12.4 Å². The Kier molecular flexibility index (Phi) is 3.55. The molecular weight excluding hydrogens is 246 g/mol. The highest BCUT2D eigenvalue weighted by Gasteiger charge is 2.09. The van der Waals surface area contributed by atoms with Gasteiger partial charge in [0.15, 0.2) is 0 Å². The zero-order valence-electron chi connectivity index (χ0n) is 10.2. The first-order chi connectivity index (χ1) is 8.31. The molecule has 3 nitrogen and oxygen atoms in total. The van der Waals surface area contributed by atoms with Crippen LogP contribution in [0.1, 0.15) is 19.5 Å². The van der Waals surface area contributed by atoms with Crippen molar-refractivity contribution in [3.63, 3.8) is 0 Å². The Morgan fingerprint density at radius 2 is 2.11 bits per heavy atom. The number of nitrogens with zero attached hydrogens (tertiary/aromatic N) is 2. The van der Waals surface area contributed by atoms with Gasteiger partial charge in [0.1, 0.15) is 0 Å². The van der Waals surface area contributed by atoms with Gasteiger partial charge >= 0.3 is 0 Å². The third-order valence-corrected chi connectivity index (χ3v) is 3.24. The summed E-state index contributed by atoms with van der Waals surface area (Å²) >= 11 is 0. The molecule has 3 aromatic rings. The van der Waals surface area contributed by atoms with Crippen molar-refractivity contribution >= 4 is 34.2 Å². The first kappa shape index (κ1) is 12.9. The van der Waals surface area contributed by atoms with Gasteiger partial charge in [-0.2, -0.15) is 0 Å². The summed E-state index contributed by atoms with van der Waals surface area (Å²) in [4.78, 5) is 4.38. The molecule has 0 spiro atoms. The number of aromatic nitrogens is 2. The molecule has 1 atom stereocenters. The first-order valence-electron chi connectivity index (χ1n) is 5.91. The van der Waals surface area contributed by atoms with Gasteiger partial charge < -0.3 is 10.3 Å². The van der Waals surface area contributed by atoms with Crippen molar-refractivity contribution in [3.05, 3.63) is 42.7 Å². The van der Waals surface area contributed by atoms with Gasteiger partial charge in [0, 0.05) is 23.2 Å². The average molecular weight is 262 g/mol. The normalized spacial score (nSPS) is 12.6. The molecule has 4 heteroatoms. The molecule has 0 aliphatic rings. The smallest absolute Gasteiger partial charge is 0.0812 e. The minimum Gasteiger partial charge on any atom is -0.331 e. The van der Waals surface area contributed by atoms with Crippen LogP contribution < -0.4 is 5.73 Å². The highest BCUT2D eigenvalue weighted by atomic mass is 35.5. The van der Waals surface area contributed by atoms with Crippen LogP contribution in [0.25, 0.3) is 21.8 Å². The summed E-state index contributed by atoms with van der Waals surface area (Å²) in [5.41, 5.74) is 8.34. The molecule has 0 saturated carbocycles. The molecule has 0 amide bonds. The van der Waals surface area contributed by atoms with E-state index in [1.165, 1.54) is 16.3 Å². The molecule has 0 aliphatic carbocycles. The first-order valence-corrected chi connectivity index (χ1v) is 5.91. The summed E-state index contributed by atoms with van der Waals surface area (Å²) < 4.78 is 2.14. The number of hydrogen-bond acceptors (Lipinski definition) is 2. The van der Waals surface area contributed by atoms with Gasteiger partial charge in [0.2, 0.25) is 0 Å². The van der Waals surface area contributed by atoms with E-state index in [1.807, 2.05) is 12.3 Å². The van der Waals surface area contributed by atoms with Crippen LogP contribution in [0, 0.1) is 0 Å². The molecule has 3 rings (SSSR count). The van der Waals surface area contributed by atoms with Crippen LogP contribution in [-0.2, 0) is 0 Å². The molecule has 0 fully saturated rings. The second-order valence-electron chi connectivity index (χ2n) is 4.27. The van der Waals surface area contributed by atoms with Crippen LogP contribution in [0.3, 0.4) is 0 Å². The average Bonchev–Trinajstić information content (AvgIpc) is 2.82. The van der Waals surface area contributed by atoms with Crippen molar-refractivity contribution in [2.24, 2.45) is 5.73 Å². The summed E-state index contributed by atoms with van der Waals surface area (Å²) in [5.74, 6) is 0. The lowest BCUT2D eigenvalue weighted by Crippen LogP contribution is -2.16. The molecule has 0 radical (unpaired) electrons. The molecule has 0 saturated heterocycles. The van der Waals surface area contributed by atoms with E-state index in [9.17, 15) is 0 Å². The fourth-order valence-electron chi connectivity index (χ4n) is 2.28. The largest absolute Gasteiger partial charge is 0.331 e. The topological polar surface area (TPSA) is 43.8 Å². The van der Waals surface area contributed by atoms with Gasteiger partial charge in [-0.25, -0.2) is 0 Å². The predicted molar refractivity (Wildman–Crippen MR) is 78.0 cm³/mol. The molecule has 2 heterocycles. The molecule has 18 heavy (non-hydrogen) atoms. The van der Waals surface area contributed by atoms with Crippen LogP contribution in [0.15, 0.2) is 42.7 Å². The maximum atomic E-state index is 6.14. The summed E-state index contributed by atoms with van der Waals surface area (Å²) in [6, 6.07) is 10.3. The number of fused-ring (bicyclic) bond motifs is 3. The van der Waals surface area contributed by atoms with Crippen molar-refractivity contribution in [3.8, 4) is 0 Å². The van der Waals surface area contributed by atoms with Crippen LogP contribution in [0.2, 0.25) is 0 Å². The number of pyridine rings is 1. The fourth-order valence-corrected chi connectivity index (χ4v) is 2.28. The highest BCUT2D eigenvalue weighted by molar-refractivity contribution is 6.04. The SMILES string of the molecule is CC[C@H](N)n1ccc2ccc3ncccc3c21.Cl. The van der Waals surface area contributed by atoms with Crippen molar-refractivity contribution in [2.75, 3.05) is 0 Å². The Labute approximate surface area is 112 Å². The minimum atomic E-state index is 0. The van der Waals surface area contributed by atoms with E-state index in [1.54, 1.807) is 0 Å². The van der Waals surface area contributed by atoms with Crippen LogP contribution >= 0.6 is 12.4 Å². The second-order valence-corrected chi connectivity index (χ2v) is 4.27. The van der Waals surface area contributed by atoms with Crippen molar-refractivity contribution in [1.29, 1.82) is 0 Å². The van der Waals surface area contributed by atoms with E-state index in [4.69, 9.17) is 5.73 Å². The molecule has 2 aromatic heterocycles. The Morgan fingerprint density at radius 3 is 2.89 bits per heavy atom. The Balaban J connectivity index is 0.00000120. The van der Waals surface area contributed by atoms with Gasteiger partial charge in [-0.3, -0.25) is 4.98 Å². The van der Waals surface area contributed by atoms with Crippen LogP contribution in [0.4, 0.5) is 0 Å². The monoisotopic (exact) mass is 261 g/mol. The van der Waals surface area contributed by atoms with Crippen LogP contribution in [0.5, 0.6) is 0 Å². The summed E-state index contributed by atoms with van der Waals surface area (Å²) in [7, 11) is 0. The fraction of sp³-hybridized carbons (Fsp3) is 0.214. The number of hydrogen-bond donors (Lipinski definition) is 1. The highest BCUT2D eigenvalue weighted by Crippen LogP contribution is 2.27. The predicted octanol–water partition coefficient (Wildman–Crippen LogP) is 3.48. The van der Waals surface area contributed by atoms with Crippen molar-refractivity contribution in [1.82, 2.24) is 9.55 Å². The standard InChI is InChI=1S/C14H15N3.ClH/c1-2-13(15)17-9-7-10-5-6-12-11(14(10)17)4-3-8-16-12;/h3-9,13H,2,15H2,1H3;1H/t13-;/m1./s1. The zero-order chi connectivity index (χ0) is 11.8. The van der Waals surface area contributed by atoms with E-state index in [-0.39, 0.29) is 18.6 Å². The van der Waals surface area contributed by atoms with E-state index >= 15 is 0 Å². The van der Waals surface area contributed by atoms with Gasteiger partial charge in [-0.05, 0) is 30.7 Å². The van der Waals surface area contributed by atoms with Gasteiger partial charge in [0.25, 0.3) is 0 Å². The maximum absolute atomic E-state index is 6.14. The minimum absolute atomic E-state index is 0. The van der Waals surface area contributed by atoms with Crippen molar-refractivity contribution < 1.29 is 0 Å². The van der Waals surface area contributed by atoms with E-state index in [2.05, 4.69) is 46.9 Å². The summed E-state index contributed by atoms with van der Waals surface area (Å²) in [6.45, 7) is 2.10. The van der Waals surface area contributed by atoms with E-state index in [0.717, 1.165) is 11.9 Å². The van der Waals surface area contributed by atoms with Crippen molar-refractivity contribution in [2.45, 2.75) is 19.5 Å². The van der Waals surface area contributed by atoms with Gasteiger partial charge in [0.05, 0.1) is 17.2 Å². The molecule has 0 unspecified atom stereocenters. The second kappa shape index (κ2) is 4.96. The Bertz CT molecular complexity index is 675. The third-order valence-electron chi connectivity index (χ3n) is 3.24. The lowest BCUT2D eigenvalue weighted by atomic mass is 10.1. The number of halogens is 1. The van der Waals surface area contributed by atoms with E-state index in [0.29, 0.717) is 0 Å². The quantitative estimate of drug-likeness (QED) is 0.768. The molecule has 0 bridgehead atoms. The molecule has 94 valence electrons. The maximum Gasteiger partial charge on any atom is 0.0812 e. The number of benzene rings is 1. The van der Waals surface area contributed by atoms with Crippen LogP contribution in [-0.4, -0.2) is 9.55 Å².